The number of hydrogen-bond donors (Lipinski definition) is 2. The topological polar surface area (TPSA) is 95.6 Å². The normalized spacial score (nSPS) is 11.0. The second kappa shape index (κ2) is 9.87. The molecule has 0 saturated carbocycles. The van der Waals surface area contributed by atoms with E-state index < -0.39 is 21.8 Å². The lowest BCUT2D eigenvalue weighted by Gasteiger charge is -2.18. The first-order chi connectivity index (χ1) is 13.8. The van der Waals surface area contributed by atoms with Crippen molar-refractivity contribution < 1.29 is 18.0 Å². The van der Waals surface area contributed by atoms with Gasteiger partial charge in [0.25, 0.3) is 5.91 Å². The van der Waals surface area contributed by atoms with Crippen LogP contribution in [-0.2, 0) is 14.8 Å². The summed E-state index contributed by atoms with van der Waals surface area (Å²) in [7, 11) is -3.59. The van der Waals surface area contributed by atoms with E-state index in [1.54, 1.807) is 38.1 Å². The highest BCUT2D eigenvalue weighted by Crippen LogP contribution is 2.16. The zero-order valence-electron chi connectivity index (χ0n) is 16.3. The van der Waals surface area contributed by atoms with Crippen LogP contribution in [0.25, 0.3) is 0 Å². The Hall–Kier alpha value is -3.15. The summed E-state index contributed by atoms with van der Waals surface area (Å²) in [5, 5.41) is 5.14. The minimum atomic E-state index is -3.59. The quantitative estimate of drug-likeness (QED) is 0.648. The monoisotopic (exact) mass is 413 g/mol. The van der Waals surface area contributed by atoms with Gasteiger partial charge in [0.15, 0.2) is 0 Å². The molecule has 2 rings (SSSR count). The Kier molecular flexibility index (Phi) is 7.53. The molecule has 0 aliphatic rings. The fourth-order valence-corrected chi connectivity index (χ4v) is 4.10. The first kappa shape index (κ1) is 22.1. The van der Waals surface area contributed by atoms with Crippen molar-refractivity contribution in [1.82, 2.24) is 9.62 Å². The smallest absolute Gasteiger partial charge is 0.251 e. The van der Waals surface area contributed by atoms with E-state index >= 15 is 0 Å². The number of amides is 2. The van der Waals surface area contributed by atoms with Gasteiger partial charge >= 0.3 is 0 Å². The molecule has 0 aliphatic heterocycles. The first-order valence-corrected chi connectivity index (χ1v) is 10.5. The van der Waals surface area contributed by atoms with Crippen molar-refractivity contribution in [2.24, 2.45) is 0 Å². The summed E-state index contributed by atoms with van der Waals surface area (Å²) in [6, 6.07) is 12.4. The van der Waals surface area contributed by atoms with Crippen molar-refractivity contribution in [1.29, 1.82) is 0 Å². The van der Waals surface area contributed by atoms with Gasteiger partial charge in [0.2, 0.25) is 15.9 Å². The lowest BCUT2D eigenvalue weighted by molar-refractivity contribution is -0.115. The average molecular weight is 413 g/mol. The van der Waals surface area contributed by atoms with Gasteiger partial charge < -0.3 is 10.6 Å². The Bertz CT molecular complexity index is 1020. The van der Waals surface area contributed by atoms with Gasteiger partial charge in [-0.15, -0.1) is 6.42 Å². The fourth-order valence-electron chi connectivity index (χ4n) is 2.65. The Balaban J connectivity index is 1.97. The van der Waals surface area contributed by atoms with Crippen molar-refractivity contribution >= 4 is 27.5 Å². The molecule has 0 radical (unpaired) electrons. The van der Waals surface area contributed by atoms with Crippen LogP contribution in [0, 0.1) is 12.3 Å². The molecule has 0 unspecified atom stereocenters. The van der Waals surface area contributed by atoms with Crippen molar-refractivity contribution in [3.8, 4) is 12.3 Å². The minimum Gasteiger partial charge on any atom is -0.343 e. The minimum absolute atomic E-state index is 0.115. The lowest BCUT2D eigenvalue weighted by atomic mass is 10.2. The lowest BCUT2D eigenvalue weighted by Crippen LogP contribution is -2.33. The van der Waals surface area contributed by atoms with Gasteiger partial charge in [0, 0.05) is 29.9 Å². The van der Waals surface area contributed by atoms with Crippen molar-refractivity contribution in [2.75, 3.05) is 25.0 Å². The molecule has 0 aromatic heterocycles. The zero-order chi connectivity index (χ0) is 21.4. The summed E-state index contributed by atoms with van der Waals surface area (Å²) < 4.78 is 26.3. The second-order valence-electron chi connectivity index (χ2n) is 6.07. The van der Waals surface area contributed by atoms with Crippen LogP contribution in [0.3, 0.4) is 0 Å². The van der Waals surface area contributed by atoms with Gasteiger partial charge in [0.05, 0.1) is 11.4 Å². The number of sulfonamides is 1. The van der Waals surface area contributed by atoms with Crippen molar-refractivity contribution in [2.45, 2.75) is 18.7 Å². The van der Waals surface area contributed by atoms with Crippen LogP contribution >= 0.6 is 0 Å². The molecule has 2 N–H and O–H groups in total. The SMILES string of the molecule is C#Cc1cccc(NC(=O)CNC(=O)c2ccc(S(=O)(=O)N(CC)CC)cc2)c1. The first-order valence-electron chi connectivity index (χ1n) is 9.06. The molecule has 0 saturated heterocycles. The zero-order valence-corrected chi connectivity index (χ0v) is 17.1. The Morgan fingerprint density at radius 1 is 1.07 bits per heavy atom. The van der Waals surface area contributed by atoms with Crippen LogP contribution in [0.5, 0.6) is 0 Å². The van der Waals surface area contributed by atoms with E-state index in [1.807, 2.05) is 0 Å². The van der Waals surface area contributed by atoms with Crippen molar-refractivity contribution in [3.05, 3.63) is 59.7 Å². The number of anilines is 1. The Morgan fingerprint density at radius 3 is 2.31 bits per heavy atom. The van der Waals surface area contributed by atoms with E-state index in [1.165, 1.54) is 28.6 Å². The maximum atomic E-state index is 12.5. The second-order valence-corrected chi connectivity index (χ2v) is 8.01. The molecule has 0 heterocycles. The summed E-state index contributed by atoms with van der Waals surface area (Å²) in [4.78, 5) is 24.4. The van der Waals surface area contributed by atoms with Crippen LogP contribution < -0.4 is 10.6 Å². The van der Waals surface area contributed by atoms with Crippen LogP contribution in [0.15, 0.2) is 53.4 Å². The average Bonchev–Trinajstić information content (AvgIpc) is 2.73. The standard InChI is InChI=1S/C21H23N3O4S/c1-4-16-8-7-9-18(14-16)23-20(25)15-22-21(26)17-10-12-19(13-11-17)29(27,28)24(5-2)6-3/h1,7-14H,5-6,15H2,2-3H3,(H,22,26)(H,23,25). The third-order valence-electron chi connectivity index (χ3n) is 4.18. The number of terminal acetylenes is 1. The highest BCUT2D eigenvalue weighted by molar-refractivity contribution is 7.89. The van der Waals surface area contributed by atoms with Crippen LogP contribution in [0.2, 0.25) is 0 Å². The van der Waals surface area contributed by atoms with E-state index in [0.29, 0.717) is 24.3 Å². The maximum absolute atomic E-state index is 12.5. The van der Waals surface area contributed by atoms with E-state index in [-0.39, 0.29) is 17.0 Å². The fraction of sp³-hybridized carbons (Fsp3) is 0.238. The molecular weight excluding hydrogens is 390 g/mol. The summed E-state index contributed by atoms with van der Waals surface area (Å²) >= 11 is 0. The number of benzene rings is 2. The van der Waals surface area contributed by atoms with Crippen LogP contribution in [-0.4, -0.2) is 44.2 Å². The van der Waals surface area contributed by atoms with E-state index in [2.05, 4.69) is 16.6 Å². The van der Waals surface area contributed by atoms with Crippen LogP contribution in [0.4, 0.5) is 5.69 Å². The number of carbonyl (C=O) groups is 2. The molecule has 7 nitrogen and oxygen atoms in total. The van der Waals surface area contributed by atoms with E-state index in [9.17, 15) is 18.0 Å². The van der Waals surface area contributed by atoms with Gasteiger partial charge in [-0.25, -0.2) is 8.42 Å². The summed E-state index contributed by atoms with van der Waals surface area (Å²) in [5.41, 5.74) is 1.42. The van der Waals surface area contributed by atoms with Crippen molar-refractivity contribution in [3.63, 3.8) is 0 Å². The van der Waals surface area contributed by atoms with Gasteiger partial charge in [-0.05, 0) is 42.5 Å². The van der Waals surface area contributed by atoms with Gasteiger partial charge in [-0.2, -0.15) is 4.31 Å². The molecule has 2 aromatic carbocycles. The number of rotatable bonds is 8. The molecule has 0 fully saturated rings. The predicted molar refractivity (Wildman–Crippen MR) is 112 cm³/mol. The Morgan fingerprint density at radius 2 is 1.72 bits per heavy atom. The molecule has 8 heteroatoms. The molecule has 152 valence electrons. The largest absolute Gasteiger partial charge is 0.343 e. The molecule has 29 heavy (non-hydrogen) atoms. The Labute approximate surface area is 171 Å². The van der Waals surface area contributed by atoms with Gasteiger partial charge in [-0.1, -0.05) is 25.8 Å². The molecule has 0 bridgehead atoms. The summed E-state index contributed by atoms with van der Waals surface area (Å²) in [6.45, 7) is 4.01. The third-order valence-corrected chi connectivity index (χ3v) is 6.25. The summed E-state index contributed by atoms with van der Waals surface area (Å²) in [6.07, 6.45) is 5.32. The van der Waals surface area contributed by atoms with Gasteiger partial charge in [0.1, 0.15) is 0 Å². The highest BCUT2D eigenvalue weighted by Gasteiger charge is 2.21. The van der Waals surface area contributed by atoms with E-state index in [0.717, 1.165) is 0 Å². The number of hydrogen-bond acceptors (Lipinski definition) is 4. The molecular formula is C21H23N3O4S. The molecule has 2 amide bonds. The molecule has 0 aliphatic carbocycles. The number of nitrogens with zero attached hydrogens (tertiary/aromatic N) is 1. The predicted octanol–water partition coefficient (Wildman–Crippen LogP) is 2.07. The molecule has 2 aromatic rings. The maximum Gasteiger partial charge on any atom is 0.251 e. The summed E-state index contributed by atoms with van der Waals surface area (Å²) in [5.74, 6) is 1.58. The molecule has 0 spiro atoms. The number of nitrogens with one attached hydrogen (secondary N) is 2. The van der Waals surface area contributed by atoms with E-state index in [4.69, 9.17) is 6.42 Å². The number of carbonyl (C=O) groups excluding carboxylic acids is 2. The van der Waals surface area contributed by atoms with Crippen LogP contribution in [0.1, 0.15) is 29.8 Å². The third kappa shape index (κ3) is 5.67. The molecule has 0 atom stereocenters. The van der Waals surface area contributed by atoms with Gasteiger partial charge in [-0.3, -0.25) is 9.59 Å². The highest BCUT2D eigenvalue weighted by atomic mass is 32.2.